The zero-order valence-corrected chi connectivity index (χ0v) is 11.7. The van der Waals surface area contributed by atoms with Crippen LogP contribution in [0.5, 0.6) is 5.88 Å². The van der Waals surface area contributed by atoms with Gasteiger partial charge in [-0.25, -0.2) is 4.68 Å². The molecule has 0 unspecified atom stereocenters. The first kappa shape index (κ1) is 14.1. The molecule has 20 heavy (non-hydrogen) atoms. The van der Waals surface area contributed by atoms with Gasteiger partial charge < -0.3 is 4.74 Å². The zero-order chi connectivity index (χ0) is 14.7. The Bertz CT molecular complexity index is 662. The average molecular weight is 294 g/mol. The van der Waals surface area contributed by atoms with Gasteiger partial charge in [-0.1, -0.05) is 23.7 Å². The van der Waals surface area contributed by atoms with E-state index in [1.54, 1.807) is 31.3 Å². The summed E-state index contributed by atoms with van der Waals surface area (Å²) in [7, 11) is 1.35. The van der Waals surface area contributed by atoms with Crippen molar-refractivity contribution in [2.45, 2.75) is 6.92 Å². The third-order valence-electron chi connectivity index (χ3n) is 2.74. The summed E-state index contributed by atoms with van der Waals surface area (Å²) in [6.45, 7) is 1.61. The number of nitrogens with zero attached hydrogens (tertiary/aromatic N) is 3. The van der Waals surface area contributed by atoms with Crippen LogP contribution in [0.4, 0.5) is 5.69 Å². The first-order chi connectivity index (χ1) is 9.52. The minimum atomic E-state index is -0.506. The Hall–Kier alpha value is -2.34. The maximum Gasteiger partial charge on any atom is 0.353 e. The van der Waals surface area contributed by atoms with E-state index < -0.39 is 4.92 Å². The van der Waals surface area contributed by atoms with Crippen LogP contribution in [-0.2, 0) is 0 Å². The second-order valence-electron chi connectivity index (χ2n) is 4.01. The second-order valence-corrected chi connectivity index (χ2v) is 4.45. The van der Waals surface area contributed by atoms with E-state index in [1.807, 2.05) is 12.1 Å². The highest BCUT2D eigenvalue weighted by atomic mass is 35.5. The van der Waals surface area contributed by atoms with E-state index >= 15 is 0 Å². The molecule has 0 saturated heterocycles. The third-order valence-corrected chi connectivity index (χ3v) is 2.99. The lowest BCUT2D eigenvalue weighted by molar-refractivity contribution is -0.386. The summed E-state index contributed by atoms with van der Waals surface area (Å²) < 4.78 is 6.32. The van der Waals surface area contributed by atoms with Gasteiger partial charge in [0, 0.05) is 11.2 Å². The molecule has 6 nitrogen and oxygen atoms in total. The molecule has 7 heteroatoms. The molecule has 104 valence electrons. The molecule has 0 spiro atoms. The highest BCUT2D eigenvalue weighted by Crippen LogP contribution is 2.29. The quantitative estimate of drug-likeness (QED) is 0.640. The standard InChI is InChI=1S/C13H12ClN3O3/c1-9-12(17(18)19)13(20-2)15-16(9)8-7-10-3-5-11(14)6-4-10/h3-8H,1-2H3/b8-7+. The van der Waals surface area contributed by atoms with Crippen LogP contribution in [0.25, 0.3) is 12.3 Å². The Morgan fingerprint density at radius 2 is 2.05 bits per heavy atom. The maximum absolute atomic E-state index is 11.0. The lowest BCUT2D eigenvalue weighted by Gasteiger charge is -1.96. The molecule has 0 atom stereocenters. The molecule has 0 radical (unpaired) electrons. The highest BCUT2D eigenvalue weighted by molar-refractivity contribution is 6.30. The number of hydrogen-bond acceptors (Lipinski definition) is 4. The second kappa shape index (κ2) is 5.75. The lowest BCUT2D eigenvalue weighted by atomic mass is 10.2. The van der Waals surface area contributed by atoms with Crippen molar-refractivity contribution in [3.63, 3.8) is 0 Å². The minimum Gasteiger partial charge on any atom is -0.475 e. The number of methoxy groups -OCH3 is 1. The molecule has 1 aromatic heterocycles. The van der Waals surface area contributed by atoms with Gasteiger partial charge in [0.15, 0.2) is 0 Å². The smallest absolute Gasteiger partial charge is 0.353 e. The fourth-order valence-electron chi connectivity index (χ4n) is 1.71. The van der Waals surface area contributed by atoms with Gasteiger partial charge in [0.2, 0.25) is 0 Å². The van der Waals surface area contributed by atoms with Crippen LogP contribution in [-0.4, -0.2) is 21.8 Å². The van der Waals surface area contributed by atoms with Crippen LogP contribution < -0.4 is 4.74 Å². The third kappa shape index (κ3) is 2.80. The maximum atomic E-state index is 11.0. The van der Waals surface area contributed by atoms with Gasteiger partial charge in [0.05, 0.1) is 12.0 Å². The molecule has 0 bridgehead atoms. The number of rotatable bonds is 4. The van der Waals surface area contributed by atoms with Crippen LogP contribution in [0.15, 0.2) is 24.3 Å². The van der Waals surface area contributed by atoms with Gasteiger partial charge in [-0.15, -0.1) is 5.10 Å². The number of hydrogen-bond donors (Lipinski definition) is 0. The van der Waals surface area contributed by atoms with Gasteiger partial charge in [-0.05, 0) is 30.7 Å². The van der Waals surface area contributed by atoms with Crippen LogP contribution in [0, 0.1) is 17.0 Å². The average Bonchev–Trinajstić information content (AvgIpc) is 2.74. The van der Waals surface area contributed by atoms with Crippen molar-refractivity contribution < 1.29 is 9.66 Å². The van der Waals surface area contributed by atoms with E-state index in [0.717, 1.165) is 5.56 Å². The predicted octanol–water partition coefficient (Wildman–Crippen LogP) is 3.39. The van der Waals surface area contributed by atoms with Crippen molar-refractivity contribution in [2.24, 2.45) is 0 Å². The summed E-state index contributed by atoms with van der Waals surface area (Å²) in [5, 5.41) is 15.6. The molecule has 1 heterocycles. The summed E-state index contributed by atoms with van der Waals surface area (Å²) in [6, 6.07) is 7.20. The Labute approximate surface area is 120 Å². The van der Waals surface area contributed by atoms with Gasteiger partial charge in [0.1, 0.15) is 5.69 Å². The fourth-order valence-corrected chi connectivity index (χ4v) is 1.83. The first-order valence-corrected chi connectivity index (χ1v) is 6.12. The molecular formula is C13H12ClN3O3. The molecule has 0 aliphatic carbocycles. The van der Waals surface area contributed by atoms with Crippen molar-refractivity contribution in [1.29, 1.82) is 0 Å². The van der Waals surface area contributed by atoms with Crippen LogP contribution in [0.1, 0.15) is 11.3 Å². The van der Waals surface area contributed by atoms with Crippen LogP contribution in [0.3, 0.4) is 0 Å². The van der Waals surface area contributed by atoms with E-state index in [2.05, 4.69) is 5.10 Å². The zero-order valence-electron chi connectivity index (χ0n) is 10.9. The summed E-state index contributed by atoms with van der Waals surface area (Å²) in [6.07, 6.45) is 3.41. The number of halogens is 1. The number of benzene rings is 1. The summed E-state index contributed by atoms with van der Waals surface area (Å²) in [5.74, 6) is -0.00624. The molecule has 0 N–H and O–H groups in total. The van der Waals surface area contributed by atoms with E-state index in [1.165, 1.54) is 11.8 Å². The molecule has 0 amide bonds. The Balaban J connectivity index is 2.34. The van der Waals surface area contributed by atoms with Crippen molar-refractivity contribution in [1.82, 2.24) is 9.78 Å². The molecule has 0 aliphatic heterocycles. The Morgan fingerprint density at radius 1 is 1.40 bits per heavy atom. The van der Waals surface area contributed by atoms with Gasteiger partial charge in [0.25, 0.3) is 0 Å². The van der Waals surface area contributed by atoms with E-state index in [9.17, 15) is 10.1 Å². The predicted molar refractivity (Wildman–Crippen MR) is 76.8 cm³/mol. The molecule has 0 fully saturated rings. The van der Waals surface area contributed by atoms with Crippen molar-refractivity contribution >= 4 is 29.6 Å². The number of nitro groups is 1. The fraction of sp³-hybridized carbons (Fsp3) is 0.154. The molecule has 0 saturated carbocycles. The molecular weight excluding hydrogens is 282 g/mol. The van der Waals surface area contributed by atoms with Crippen molar-refractivity contribution in [2.75, 3.05) is 7.11 Å². The van der Waals surface area contributed by atoms with Gasteiger partial charge >= 0.3 is 11.6 Å². The lowest BCUT2D eigenvalue weighted by Crippen LogP contribution is -1.94. The monoisotopic (exact) mass is 293 g/mol. The summed E-state index contributed by atoms with van der Waals surface area (Å²) in [4.78, 5) is 10.5. The molecule has 2 rings (SSSR count). The highest BCUT2D eigenvalue weighted by Gasteiger charge is 2.25. The van der Waals surface area contributed by atoms with Gasteiger partial charge in [-0.3, -0.25) is 10.1 Å². The molecule has 0 aliphatic rings. The SMILES string of the molecule is COc1nn(/C=C/c2ccc(Cl)cc2)c(C)c1[N+](=O)[O-]. The van der Waals surface area contributed by atoms with Crippen LogP contribution >= 0.6 is 11.6 Å². The normalized spacial score (nSPS) is 10.9. The number of ether oxygens (including phenoxy) is 1. The summed E-state index contributed by atoms with van der Waals surface area (Å²) >= 11 is 5.80. The van der Waals surface area contributed by atoms with Gasteiger partial charge in [-0.2, -0.15) is 0 Å². The topological polar surface area (TPSA) is 70.2 Å². The van der Waals surface area contributed by atoms with Crippen molar-refractivity contribution in [3.05, 3.63) is 50.7 Å². The van der Waals surface area contributed by atoms with E-state index in [-0.39, 0.29) is 11.6 Å². The van der Waals surface area contributed by atoms with E-state index in [0.29, 0.717) is 10.7 Å². The first-order valence-electron chi connectivity index (χ1n) is 5.74. The Kier molecular flexibility index (Phi) is 4.05. The van der Waals surface area contributed by atoms with E-state index in [4.69, 9.17) is 16.3 Å². The summed E-state index contributed by atoms with van der Waals surface area (Å²) in [5.41, 5.74) is 1.18. The minimum absolute atomic E-state index is 0.00624. The largest absolute Gasteiger partial charge is 0.475 e. The molecule has 2 aromatic rings. The number of aromatic nitrogens is 2. The van der Waals surface area contributed by atoms with Crippen LogP contribution in [0.2, 0.25) is 5.02 Å². The van der Waals surface area contributed by atoms with Crippen molar-refractivity contribution in [3.8, 4) is 5.88 Å². The Morgan fingerprint density at radius 3 is 2.55 bits per heavy atom. The molecule has 1 aromatic carbocycles.